The van der Waals surface area contributed by atoms with E-state index in [-0.39, 0.29) is 23.9 Å². The summed E-state index contributed by atoms with van der Waals surface area (Å²) in [7, 11) is 1.57. The number of benzene rings is 1. The lowest BCUT2D eigenvalue weighted by Gasteiger charge is -2.23. The molecule has 0 aliphatic rings. The summed E-state index contributed by atoms with van der Waals surface area (Å²) in [4.78, 5) is 26.0. The number of rotatable bonds is 5. The van der Waals surface area contributed by atoms with E-state index in [1.807, 2.05) is 31.2 Å². The standard InChI is InChI=1S/C18H23N3O3/c1-13-6-8-15(9-7-13)11-21-10-4-5-16(17(21)23)19-18(24)20(3)14(2)12-22/h4-10,14,22H,11-12H2,1-3H3,(H,19,24). The Kier molecular flexibility index (Phi) is 5.76. The summed E-state index contributed by atoms with van der Waals surface area (Å²) < 4.78 is 1.55. The maximum atomic E-state index is 12.5. The molecule has 0 spiro atoms. The molecule has 24 heavy (non-hydrogen) atoms. The van der Waals surface area contributed by atoms with Crippen molar-refractivity contribution >= 4 is 11.7 Å². The summed E-state index contributed by atoms with van der Waals surface area (Å²) in [5.74, 6) is 0. The number of aliphatic hydroxyl groups is 1. The van der Waals surface area contributed by atoms with E-state index in [1.165, 1.54) is 4.90 Å². The summed E-state index contributed by atoms with van der Waals surface area (Å²) >= 11 is 0. The molecule has 6 heteroatoms. The van der Waals surface area contributed by atoms with E-state index in [1.54, 1.807) is 36.9 Å². The van der Waals surface area contributed by atoms with E-state index in [9.17, 15) is 9.59 Å². The number of urea groups is 1. The minimum Gasteiger partial charge on any atom is -0.394 e. The molecule has 1 heterocycles. The molecule has 0 radical (unpaired) electrons. The number of aryl methyl sites for hydroxylation is 1. The lowest BCUT2D eigenvalue weighted by atomic mass is 10.1. The Hall–Kier alpha value is -2.60. The molecule has 2 rings (SSSR count). The first-order valence-electron chi connectivity index (χ1n) is 7.82. The number of carbonyl (C=O) groups is 1. The van der Waals surface area contributed by atoms with Crippen molar-refractivity contribution < 1.29 is 9.90 Å². The minimum absolute atomic E-state index is 0.142. The molecule has 0 saturated heterocycles. The summed E-state index contributed by atoms with van der Waals surface area (Å²) in [5.41, 5.74) is 2.12. The van der Waals surface area contributed by atoms with Gasteiger partial charge in [0, 0.05) is 13.2 Å². The fourth-order valence-electron chi connectivity index (χ4n) is 2.17. The summed E-state index contributed by atoms with van der Waals surface area (Å²) in [6, 6.07) is 10.5. The zero-order valence-corrected chi connectivity index (χ0v) is 14.2. The first kappa shape index (κ1) is 17.7. The molecule has 1 aromatic heterocycles. The van der Waals surface area contributed by atoms with Gasteiger partial charge in [0.05, 0.1) is 19.2 Å². The highest BCUT2D eigenvalue weighted by molar-refractivity contribution is 5.89. The molecule has 0 aliphatic carbocycles. The number of anilines is 1. The number of hydrogen-bond donors (Lipinski definition) is 2. The van der Waals surface area contributed by atoms with E-state index < -0.39 is 6.03 Å². The number of likely N-dealkylation sites (N-methyl/N-ethyl adjacent to an activating group) is 1. The maximum Gasteiger partial charge on any atom is 0.322 e. The zero-order valence-electron chi connectivity index (χ0n) is 14.2. The second-order valence-corrected chi connectivity index (χ2v) is 5.91. The highest BCUT2D eigenvalue weighted by Gasteiger charge is 2.16. The second kappa shape index (κ2) is 7.79. The fraction of sp³-hybridized carbons (Fsp3) is 0.333. The van der Waals surface area contributed by atoms with Crippen LogP contribution in [-0.2, 0) is 6.54 Å². The number of carbonyl (C=O) groups excluding carboxylic acids is 1. The van der Waals surface area contributed by atoms with Crippen molar-refractivity contribution in [2.45, 2.75) is 26.4 Å². The SMILES string of the molecule is Cc1ccc(Cn2cccc(NC(=O)N(C)C(C)CO)c2=O)cc1. The van der Waals surface area contributed by atoms with Crippen molar-refractivity contribution in [1.82, 2.24) is 9.47 Å². The Balaban J connectivity index is 2.17. The molecule has 0 saturated carbocycles. The molecule has 2 N–H and O–H groups in total. The number of nitrogens with zero attached hydrogens (tertiary/aromatic N) is 2. The molecule has 128 valence electrons. The molecule has 1 aromatic carbocycles. The van der Waals surface area contributed by atoms with E-state index in [0.29, 0.717) is 6.54 Å². The highest BCUT2D eigenvalue weighted by atomic mass is 16.3. The number of pyridine rings is 1. The number of aliphatic hydroxyl groups excluding tert-OH is 1. The normalized spacial score (nSPS) is 11.8. The van der Waals surface area contributed by atoms with Crippen LogP contribution in [0.2, 0.25) is 0 Å². The third kappa shape index (κ3) is 4.23. The van der Waals surface area contributed by atoms with Gasteiger partial charge in [-0.25, -0.2) is 4.79 Å². The first-order chi connectivity index (χ1) is 11.4. The molecule has 1 unspecified atom stereocenters. The van der Waals surface area contributed by atoms with Gasteiger partial charge < -0.3 is 19.9 Å². The molecule has 2 aromatic rings. The van der Waals surface area contributed by atoms with Crippen molar-refractivity contribution in [3.63, 3.8) is 0 Å². The van der Waals surface area contributed by atoms with E-state index in [2.05, 4.69) is 5.32 Å². The Labute approximate surface area is 141 Å². The molecular weight excluding hydrogens is 306 g/mol. The number of aromatic nitrogens is 1. The van der Waals surface area contributed by atoms with Crippen molar-refractivity contribution in [2.24, 2.45) is 0 Å². The van der Waals surface area contributed by atoms with E-state index in [4.69, 9.17) is 5.11 Å². The van der Waals surface area contributed by atoms with Gasteiger partial charge >= 0.3 is 6.03 Å². The van der Waals surface area contributed by atoms with Gasteiger partial charge in [-0.2, -0.15) is 0 Å². The summed E-state index contributed by atoms with van der Waals surface area (Å²) in [6.45, 7) is 4.03. The van der Waals surface area contributed by atoms with Crippen LogP contribution in [0.25, 0.3) is 0 Å². The smallest absolute Gasteiger partial charge is 0.322 e. The topological polar surface area (TPSA) is 74.6 Å². The second-order valence-electron chi connectivity index (χ2n) is 5.91. The third-order valence-corrected chi connectivity index (χ3v) is 3.98. The van der Waals surface area contributed by atoms with Crippen LogP contribution in [0, 0.1) is 6.92 Å². The van der Waals surface area contributed by atoms with E-state index in [0.717, 1.165) is 11.1 Å². The van der Waals surface area contributed by atoms with Crippen molar-refractivity contribution in [3.05, 3.63) is 64.1 Å². The van der Waals surface area contributed by atoms with Crippen molar-refractivity contribution in [3.8, 4) is 0 Å². The number of amides is 2. The van der Waals surface area contributed by atoms with Gasteiger partial charge in [-0.15, -0.1) is 0 Å². The average Bonchev–Trinajstić information content (AvgIpc) is 2.58. The quantitative estimate of drug-likeness (QED) is 0.881. The van der Waals surface area contributed by atoms with Crippen LogP contribution in [0.15, 0.2) is 47.4 Å². The van der Waals surface area contributed by atoms with Gasteiger partial charge in [0.15, 0.2) is 0 Å². The Morgan fingerprint density at radius 1 is 1.29 bits per heavy atom. The van der Waals surface area contributed by atoms with Crippen LogP contribution in [0.1, 0.15) is 18.1 Å². The molecule has 2 amide bonds. The Morgan fingerprint density at radius 2 is 1.96 bits per heavy atom. The average molecular weight is 329 g/mol. The molecule has 0 aliphatic heterocycles. The van der Waals surface area contributed by atoms with Gasteiger partial charge in [0.2, 0.25) is 0 Å². The first-order valence-corrected chi connectivity index (χ1v) is 7.82. The minimum atomic E-state index is -0.429. The van der Waals surface area contributed by atoms with Gasteiger partial charge in [-0.3, -0.25) is 4.79 Å². The maximum absolute atomic E-state index is 12.5. The Bertz CT molecular complexity index is 753. The van der Waals surface area contributed by atoms with Crippen LogP contribution in [0.5, 0.6) is 0 Å². The molecular formula is C18H23N3O3. The lowest BCUT2D eigenvalue weighted by molar-refractivity contribution is 0.166. The van der Waals surface area contributed by atoms with Gasteiger partial charge in [-0.1, -0.05) is 29.8 Å². The van der Waals surface area contributed by atoms with Gasteiger partial charge in [0.25, 0.3) is 5.56 Å². The zero-order chi connectivity index (χ0) is 17.7. The third-order valence-electron chi connectivity index (χ3n) is 3.98. The van der Waals surface area contributed by atoms with Crippen LogP contribution in [0.3, 0.4) is 0 Å². The lowest BCUT2D eigenvalue weighted by Crippen LogP contribution is -2.41. The number of nitrogens with one attached hydrogen (secondary N) is 1. The number of hydrogen-bond acceptors (Lipinski definition) is 3. The molecule has 1 atom stereocenters. The van der Waals surface area contributed by atoms with Crippen LogP contribution >= 0.6 is 0 Å². The predicted molar refractivity (Wildman–Crippen MR) is 94.3 cm³/mol. The predicted octanol–water partition coefficient (Wildman–Crippen LogP) is 2.05. The van der Waals surface area contributed by atoms with Crippen LogP contribution in [0.4, 0.5) is 10.5 Å². The largest absolute Gasteiger partial charge is 0.394 e. The van der Waals surface area contributed by atoms with Crippen molar-refractivity contribution in [1.29, 1.82) is 0 Å². The summed E-state index contributed by atoms with van der Waals surface area (Å²) in [6.07, 6.45) is 1.69. The van der Waals surface area contributed by atoms with Crippen LogP contribution in [-0.4, -0.2) is 40.3 Å². The molecule has 0 fully saturated rings. The van der Waals surface area contributed by atoms with Crippen molar-refractivity contribution in [2.75, 3.05) is 19.0 Å². The molecule has 6 nitrogen and oxygen atoms in total. The summed E-state index contributed by atoms with van der Waals surface area (Å²) in [5, 5.41) is 11.7. The van der Waals surface area contributed by atoms with Gasteiger partial charge in [0.1, 0.15) is 5.69 Å². The van der Waals surface area contributed by atoms with E-state index >= 15 is 0 Å². The highest BCUT2D eigenvalue weighted by Crippen LogP contribution is 2.07. The monoisotopic (exact) mass is 329 g/mol. The van der Waals surface area contributed by atoms with Crippen LogP contribution < -0.4 is 10.9 Å². The molecule has 0 bridgehead atoms. The Morgan fingerprint density at radius 3 is 2.58 bits per heavy atom. The fourth-order valence-corrected chi connectivity index (χ4v) is 2.17. The van der Waals surface area contributed by atoms with Gasteiger partial charge in [-0.05, 0) is 31.5 Å².